The van der Waals surface area contributed by atoms with Crippen molar-refractivity contribution in [2.75, 3.05) is 6.54 Å². The molecule has 134 valence electrons. The third-order valence-corrected chi connectivity index (χ3v) is 4.39. The highest BCUT2D eigenvalue weighted by Crippen LogP contribution is 2.41. The molecule has 1 fully saturated rings. The molecule has 1 saturated carbocycles. The van der Waals surface area contributed by atoms with Crippen molar-refractivity contribution < 1.29 is 9.13 Å². The second-order valence-corrected chi connectivity index (χ2v) is 6.50. The van der Waals surface area contributed by atoms with Crippen LogP contribution in [0, 0.1) is 5.82 Å². The van der Waals surface area contributed by atoms with Crippen LogP contribution in [0.25, 0.3) is 11.4 Å². The standard InChI is InChI=1S/C19H20FN5O/c1-25-18(9-16(24-25)13-2-3-13)26-17-8-14(20)4-5-15(17)19-22-10-12(6-7-21)11-23-19/h4-5,8-11,13H,2-3,6-7,21H2,1H3. The Balaban J connectivity index is 1.66. The molecule has 0 radical (unpaired) electrons. The van der Waals surface area contributed by atoms with Crippen molar-refractivity contribution in [1.82, 2.24) is 19.7 Å². The van der Waals surface area contributed by atoms with Gasteiger partial charge >= 0.3 is 0 Å². The van der Waals surface area contributed by atoms with Crippen LogP contribution in [-0.2, 0) is 13.5 Å². The molecule has 0 bridgehead atoms. The van der Waals surface area contributed by atoms with Gasteiger partial charge in [-0.25, -0.2) is 19.0 Å². The summed E-state index contributed by atoms with van der Waals surface area (Å²) in [7, 11) is 1.82. The van der Waals surface area contributed by atoms with Crippen molar-refractivity contribution in [1.29, 1.82) is 0 Å². The zero-order valence-corrected chi connectivity index (χ0v) is 14.5. The lowest BCUT2D eigenvalue weighted by atomic mass is 10.1. The molecule has 6 nitrogen and oxygen atoms in total. The predicted molar refractivity (Wildman–Crippen MR) is 95.4 cm³/mol. The summed E-state index contributed by atoms with van der Waals surface area (Å²) in [5, 5.41) is 4.48. The Morgan fingerprint density at radius 3 is 2.69 bits per heavy atom. The van der Waals surface area contributed by atoms with E-state index in [0.717, 1.165) is 24.1 Å². The molecule has 1 aliphatic rings. The van der Waals surface area contributed by atoms with E-state index in [0.29, 0.717) is 41.9 Å². The first-order valence-electron chi connectivity index (χ1n) is 8.66. The normalized spacial score (nSPS) is 13.8. The van der Waals surface area contributed by atoms with Gasteiger partial charge in [0.25, 0.3) is 0 Å². The first-order valence-corrected chi connectivity index (χ1v) is 8.66. The maximum atomic E-state index is 13.8. The van der Waals surface area contributed by atoms with Crippen LogP contribution < -0.4 is 10.5 Å². The molecule has 4 rings (SSSR count). The van der Waals surface area contributed by atoms with Gasteiger partial charge in [0.15, 0.2) is 5.82 Å². The van der Waals surface area contributed by atoms with E-state index in [4.69, 9.17) is 10.5 Å². The minimum absolute atomic E-state index is 0.363. The molecule has 0 atom stereocenters. The highest BCUT2D eigenvalue weighted by atomic mass is 19.1. The fourth-order valence-electron chi connectivity index (χ4n) is 2.81. The fraction of sp³-hybridized carbons (Fsp3) is 0.316. The van der Waals surface area contributed by atoms with E-state index in [1.807, 2.05) is 13.1 Å². The van der Waals surface area contributed by atoms with E-state index >= 15 is 0 Å². The SMILES string of the molecule is Cn1nc(C2CC2)cc1Oc1cc(F)ccc1-c1ncc(CCN)cn1. The van der Waals surface area contributed by atoms with E-state index in [-0.39, 0.29) is 5.82 Å². The number of hydrogen-bond acceptors (Lipinski definition) is 5. The molecule has 26 heavy (non-hydrogen) atoms. The van der Waals surface area contributed by atoms with Crippen molar-refractivity contribution in [3.63, 3.8) is 0 Å². The van der Waals surface area contributed by atoms with Gasteiger partial charge in [-0.05, 0) is 43.5 Å². The summed E-state index contributed by atoms with van der Waals surface area (Å²) in [5.41, 5.74) is 8.15. The third-order valence-electron chi connectivity index (χ3n) is 4.39. The first kappa shape index (κ1) is 16.7. The highest BCUT2D eigenvalue weighted by Gasteiger charge is 2.27. The van der Waals surface area contributed by atoms with Crippen LogP contribution in [0.5, 0.6) is 11.6 Å². The van der Waals surface area contributed by atoms with Crippen LogP contribution in [0.1, 0.15) is 30.0 Å². The zero-order chi connectivity index (χ0) is 18.1. The molecule has 0 spiro atoms. The second kappa shape index (κ2) is 6.84. The molecule has 2 heterocycles. The Hall–Kier alpha value is -2.80. The van der Waals surface area contributed by atoms with Crippen LogP contribution in [0.15, 0.2) is 36.7 Å². The number of benzene rings is 1. The molecule has 3 aromatic rings. The van der Waals surface area contributed by atoms with Crippen molar-refractivity contribution in [3.05, 3.63) is 53.7 Å². The Bertz CT molecular complexity index is 918. The lowest BCUT2D eigenvalue weighted by Gasteiger charge is -2.10. The summed E-state index contributed by atoms with van der Waals surface area (Å²) in [6.07, 6.45) is 6.50. The Morgan fingerprint density at radius 2 is 2.00 bits per heavy atom. The average Bonchev–Trinajstić information content (AvgIpc) is 3.41. The summed E-state index contributed by atoms with van der Waals surface area (Å²) in [6, 6.07) is 6.26. The van der Waals surface area contributed by atoms with Crippen LogP contribution >= 0.6 is 0 Å². The lowest BCUT2D eigenvalue weighted by molar-refractivity contribution is 0.428. The van der Waals surface area contributed by atoms with Gasteiger partial charge < -0.3 is 10.5 Å². The minimum atomic E-state index is -0.381. The summed E-state index contributed by atoms with van der Waals surface area (Å²) in [4.78, 5) is 8.75. The first-order chi connectivity index (χ1) is 12.6. The van der Waals surface area contributed by atoms with Crippen LogP contribution in [0.2, 0.25) is 0 Å². The van der Waals surface area contributed by atoms with Crippen molar-refractivity contribution in [2.24, 2.45) is 12.8 Å². The zero-order valence-electron chi connectivity index (χ0n) is 14.5. The van der Waals surface area contributed by atoms with Gasteiger partial charge in [-0.1, -0.05) is 0 Å². The van der Waals surface area contributed by atoms with Crippen LogP contribution in [-0.4, -0.2) is 26.3 Å². The molecular weight excluding hydrogens is 333 g/mol. The third kappa shape index (κ3) is 3.43. The number of nitrogens with two attached hydrogens (primary N) is 1. The largest absolute Gasteiger partial charge is 0.438 e. The number of hydrogen-bond donors (Lipinski definition) is 1. The molecule has 0 amide bonds. The topological polar surface area (TPSA) is 78.8 Å². The number of aromatic nitrogens is 4. The highest BCUT2D eigenvalue weighted by molar-refractivity contribution is 5.64. The molecule has 1 aliphatic carbocycles. The smallest absolute Gasteiger partial charge is 0.217 e. The molecule has 2 N–H and O–H groups in total. The molecule has 2 aromatic heterocycles. The number of ether oxygens (including phenoxy) is 1. The van der Waals surface area contributed by atoms with E-state index in [1.54, 1.807) is 23.1 Å². The maximum Gasteiger partial charge on any atom is 0.217 e. The van der Waals surface area contributed by atoms with Gasteiger partial charge in [0.2, 0.25) is 5.88 Å². The van der Waals surface area contributed by atoms with E-state index in [2.05, 4.69) is 15.1 Å². The van der Waals surface area contributed by atoms with Gasteiger partial charge in [0.05, 0.1) is 11.3 Å². The van der Waals surface area contributed by atoms with Gasteiger partial charge in [0, 0.05) is 37.5 Å². The summed E-state index contributed by atoms with van der Waals surface area (Å²) < 4.78 is 21.5. The number of halogens is 1. The number of rotatable bonds is 6. The Kier molecular flexibility index (Phi) is 4.38. The summed E-state index contributed by atoms with van der Waals surface area (Å²) in [5.74, 6) is 1.54. The Labute approximate surface area is 150 Å². The molecule has 0 aliphatic heterocycles. The fourth-order valence-corrected chi connectivity index (χ4v) is 2.81. The van der Waals surface area contributed by atoms with Crippen molar-refractivity contribution in [3.8, 4) is 23.0 Å². The second-order valence-electron chi connectivity index (χ2n) is 6.50. The molecule has 1 aromatic carbocycles. The summed E-state index contributed by atoms with van der Waals surface area (Å²) in [6.45, 7) is 0.539. The molecule has 7 heteroatoms. The van der Waals surface area contributed by atoms with Crippen LogP contribution in [0.4, 0.5) is 4.39 Å². The number of nitrogens with zero attached hydrogens (tertiary/aromatic N) is 4. The van der Waals surface area contributed by atoms with Crippen molar-refractivity contribution in [2.45, 2.75) is 25.2 Å². The summed E-state index contributed by atoms with van der Waals surface area (Å²) >= 11 is 0. The van der Waals surface area contributed by atoms with Crippen LogP contribution in [0.3, 0.4) is 0 Å². The van der Waals surface area contributed by atoms with Crippen molar-refractivity contribution >= 4 is 0 Å². The Morgan fingerprint density at radius 1 is 1.23 bits per heavy atom. The van der Waals surface area contributed by atoms with E-state index < -0.39 is 0 Å². The lowest BCUT2D eigenvalue weighted by Crippen LogP contribution is -2.04. The van der Waals surface area contributed by atoms with Gasteiger partial charge in [-0.3, -0.25) is 0 Å². The van der Waals surface area contributed by atoms with E-state index in [9.17, 15) is 4.39 Å². The predicted octanol–water partition coefficient (Wildman–Crippen LogP) is 3.19. The molecular formula is C19H20FN5O. The average molecular weight is 353 g/mol. The molecule has 0 unspecified atom stereocenters. The van der Waals surface area contributed by atoms with Gasteiger partial charge in [0.1, 0.15) is 11.6 Å². The monoisotopic (exact) mass is 353 g/mol. The van der Waals surface area contributed by atoms with Gasteiger partial charge in [-0.2, -0.15) is 5.10 Å². The quantitative estimate of drug-likeness (QED) is 0.736. The number of aryl methyl sites for hydroxylation is 1. The molecule has 0 saturated heterocycles. The van der Waals surface area contributed by atoms with Gasteiger partial charge in [-0.15, -0.1) is 0 Å². The minimum Gasteiger partial charge on any atom is -0.438 e. The van der Waals surface area contributed by atoms with E-state index in [1.165, 1.54) is 12.1 Å². The maximum absolute atomic E-state index is 13.8.